The molecule has 0 aliphatic heterocycles. The van der Waals surface area contributed by atoms with Gasteiger partial charge in [0.1, 0.15) is 19.3 Å². The Bertz CT molecular complexity index is 2630. The second kappa shape index (κ2) is 77.8. The van der Waals surface area contributed by atoms with Crippen LogP contribution in [-0.4, -0.2) is 96.7 Å². The summed E-state index contributed by atoms with van der Waals surface area (Å²) in [5.41, 5.74) is 0. The second-order valence-corrected chi connectivity index (χ2v) is 29.5. The summed E-state index contributed by atoms with van der Waals surface area (Å²) < 4.78 is 68.6. The van der Waals surface area contributed by atoms with Crippen molar-refractivity contribution < 1.29 is 80.2 Å². The van der Waals surface area contributed by atoms with Crippen LogP contribution < -0.4 is 0 Å². The molecule has 0 saturated heterocycles. The molecule has 0 radical (unpaired) electrons. The zero-order valence-electron chi connectivity index (χ0n) is 66.1. The van der Waals surface area contributed by atoms with Gasteiger partial charge in [-0.1, -0.05) is 301 Å². The summed E-state index contributed by atoms with van der Waals surface area (Å²) >= 11 is 0. The number of carbonyl (C=O) groups is 4. The summed E-state index contributed by atoms with van der Waals surface area (Å²) in [7, 11) is -10.00. The number of carbonyl (C=O) groups excluding carboxylic acids is 4. The summed E-state index contributed by atoms with van der Waals surface area (Å²) in [5, 5.41) is 10.7. The minimum absolute atomic E-state index is 0.0580. The standard InChI is InChI=1S/C87H144O17P2/c1-5-9-13-17-21-25-29-33-37-39-40-42-46-48-52-56-60-64-68-72-85(90)98-78-83(104-87(92)74-70-66-62-58-54-50-44-36-32-28-24-20-16-12-8-4)80-102-106(95,96)100-76-81(88)75-99-105(93,94)101-79-82(103-86(91)73-69-65-61-57-53-49-43-35-31-27-23-19-15-11-7-3)77-97-84(89)71-67-63-59-55-51-47-45-41-38-34-30-26-22-18-14-10-6-2/h9-11,13-15,21-23,25-27,33-35,37-38,40,42-43,45,47-48,52,55,59,81-83,88H,5-8,12,16-20,24,28-32,36,39,41,44,46,49-51,53-54,56-58,60-80H2,1-4H3,(H,93,94)(H,95,96)/b13-9-,14-10-,15-11-,25-21-,26-22-,27-23-,37-33-,38-34-,42-40-,43-35-,47-45-,52-48-,59-55-. The topological polar surface area (TPSA) is 237 Å². The van der Waals surface area contributed by atoms with Gasteiger partial charge in [0.15, 0.2) is 12.2 Å². The van der Waals surface area contributed by atoms with Crippen LogP contribution in [0.25, 0.3) is 0 Å². The molecule has 0 fully saturated rings. The van der Waals surface area contributed by atoms with Crippen molar-refractivity contribution >= 4 is 39.5 Å². The van der Waals surface area contributed by atoms with E-state index in [1.807, 2.05) is 12.2 Å². The summed E-state index contributed by atoms with van der Waals surface area (Å²) in [6.07, 6.45) is 90.8. The predicted octanol–water partition coefficient (Wildman–Crippen LogP) is 24.0. The number of hydrogen-bond donors (Lipinski definition) is 3. The van der Waals surface area contributed by atoms with Crippen LogP contribution in [0.4, 0.5) is 0 Å². The number of esters is 4. The molecule has 5 atom stereocenters. The molecule has 0 aromatic heterocycles. The molecular formula is C87H144O17P2. The lowest BCUT2D eigenvalue weighted by Crippen LogP contribution is -2.30. The lowest BCUT2D eigenvalue weighted by atomic mass is 10.0. The molecule has 0 spiro atoms. The van der Waals surface area contributed by atoms with Gasteiger partial charge in [0.2, 0.25) is 0 Å². The first kappa shape index (κ1) is 101. The Kier molecular flexibility index (Phi) is 73.9. The Labute approximate surface area is 642 Å². The Morgan fingerprint density at radius 1 is 0.274 bits per heavy atom. The third-order valence-electron chi connectivity index (χ3n) is 16.5. The smallest absolute Gasteiger partial charge is 0.462 e. The molecule has 0 saturated carbocycles. The van der Waals surface area contributed by atoms with Crippen LogP contribution in [0.2, 0.25) is 0 Å². The lowest BCUT2D eigenvalue weighted by Gasteiger charge is -2.21. The maximum atomic E-state index is 13.1. The number of allylic oxidation sites excluding steroid dienone is 26. The molecule has 0 rings (SSSR count). The van der Waals surface area contributed by atoms with E-state index in [1.54, 1.807) is 0 Å². The van der Waals surface area contributed by atoms with E-state index >= 15 is 0 Å². The van der Waals surface area contributed by atoms with Crippen LogP contribution in [-0.2, 0) is 65.4 Å². The Morgan fingerprint density at radius 2 is 0.500 bits per heavy atom. The van der Waals surface area contributed by atoms with Gasteiger partial charge in [-0.3, -0.25) is 37.3 Å². The number of ether oxygens (including phenoxy) is 4. The number of phosphoric acid groups is 2. The van der Waals surface area contributed by atoms with Gasteiger partial charge in [-0.15, -0.1) is 0 Å². The van der Waals surface area contributed by atoms with E-state index < -0.39 is 97.5 Å². The van der Waals surface area contributed by atoms with E-state index in [9.17, 15) is 43.2 Å². The van der Waals surface area contributed by atoms with Crippen LogP contribution in [0.5, 0.6) is 0 Å². The van der Waals surface area contributed by atoms with Gasteiger partial charge in [-0.05, 0) is 141 Å². The predicted molar refractivity (Wildman–Crippen MR) is 436 cm³/mol. The van der Waals surface area contributed by atoms with Gasteiger partial charge in [-0.2, -0.15) is 0 Å². The fraction of sp³-hybridized carbons (Fsp3) is 0.655. The average molecular weight is 1520 g/mol. The van der Waals surface area contributed by atoms with E-state index in [1.165, 1.54) is 64.2 Å². The largest absolute Gasteiger partial charge is 0.472 e. The highest BCUT2D eigenvalue weighted by Crippen LogP contribution is 2.45. The molecule has 3 N–H and O–H groups in total. The number of rotatable bonds is 75. The number of aliphatic hydroxyl groups excluding tert-OH is 1. The van der Waals surface area contributed by atoms with E-state index in [0.717, 1.165) is 161 Å². The Morgan fingerprint density at radius 3 is 0.802 bits per heavy atom. The highest BCUT2D eigenvalue weighted by Gasteiger charge is 2.30. The molecule has 0 heterocycles. The fourth-order valence-electron chi connectivity index (χ4n) is 10.4. The molecule has 17 nitrogen and oxygen atoms in total. The van der Waals surface area contributed by atoms with Gasteiger partial charge in [-0.25, -0.2) is 9.13 Å². The molecule has 5 unspecified atom stereocenters. The molecule has 0 bridgehead atoms. The van der Waals surface area contributed by atoms with Crippen LogP contribution in [0.1, 0.15) is 310 Å². The maximum absolute atomic E-state index is 13.1. The van der Waals surface area contributed by atoms with Crippen LogP contribution in [0.15, 0.2) is 158 Å². The van der Waals surface area contributed by atoms with Crippen molar-refractivity contribution in [3.63, 3.8) is 0 Å². The van der Waals surface area contributed by atoms with E-state index in [4.69, 9.17) is 37.0 Å². The van der Waals surface area contributed by atoms with Crippen LogP contribution >= 0.6 is 15.6 Å². The molecule has 0 aliphatic carbocycles. The minimum atomic E-state index is -5.00. The molecule has 0 amide bonds. The molecule has 0 aromatic carbocycles. The number of phosphoric ester groups is 2. The summed E-state index contributed by atoms with van der Waals surface area (Å²) in [6.45, 7) is 4.43. The van der Waals surface area contributed by atoms with Crippen molar-refractivity contribution in [2.75, 3.05) is 39.6 Å². The highest BCUT2D eigenvalue weighted by molar-refractivity contribution is 7.47. The SMILES string of the molecule is CC/C=C\C/C=C\C/C=C\C/C=C\C/C=C\CCCCCC(=O)OCC(COP(=O)(O)OCC(O)COP(=O)(O)OCC(COC(=O)CCC/C=C\C/C=C\C/C=C\C/C=C\C/C=C\CC)OC(=O)CCCCCCC/C=C\C/C=C\C/C=C\CC)OC(=O)CCCCCCCCCCCCCCCCC. The lowest BCUT2D eigenvalue weighted by molar-refractivity contribution is -0.161. The first-order chi connectivity index (χ1) is 51.7. The van der Waals surface area contributed by atoms with Crippen molar-refractivity contribution in [3.8, 4) is 0 Å². The zero-order chi connectivity index (χ0) is 77.4. The quantitative estimate of drug-likeness (QED) is 0.0169. The van der Waals surface area contributed by atoms with Gasteiger partial charge in [0.05, 0.1) is 26.4 Å². The third-order valence-corrected chi connectivity index (χ3v) is 18.4. The maximum Gasteiger partial charge on any atom is 0.472 e. The van der Waals surface area contributed by atoms with E-state index in [-0.39, 0.29) is 25.7 Å². The Hall–Kier alpha value is -5.32. The number of unbranched alkanes of at least 4 members (excludes halogenated alkanes) is 23. The minimum Gasteiger partial charge on any atom is -0.462 e. The second-order valence-electron chi connectivity index (χ2n) is 26.6. The van der Waals surface area contributed by atoms with Crippen molar-refractivity contribution in [3.05, 3.63) is 158 Å². The van der Waals surface area contributed by atoms with Crippen molar-refractivity contribution in [2.24, 2.45) is 0 Å². The third kappa shape index (κ3) is 76.9. The molecule has 106 heavy (non-hydrogen) atoms. The van der Waals surface area contributed by atoms with Crippen LogP contribution in [0.3, 0.4) is 0 Å². The summed E-state index contributed by atoms with van der Waals surface area (Å²) in [4.78, 5) is 73.1. The van der Waals surface area contributed by atoms with Gasteiger partial charge in [0.25, 0.3) is 0 Å². The zero-order valence-corrected chi connectivity index (χ0v) is 67.8. The number of hydrogen-bond acceptors (Lipinski definition) is 15. The highest BCUT2D eigenvalue weighted by atomic mass is 31.2. The normalized spacial score (nSPS) is 14.7. The van der Waals surface area contributed by atoms with Gasteiger partial charge >= 0.3 is 39.5 Å². The molecule has 0 aromatic rings. The molecule has 0 aliphatic rings. The fourth-order valence-corrected chi connectivity index (χ4v) is 12.0. The molecular weight excluding hydrogens is 1380 g/mol. The first-order valence-electron chi connectivity index (χ1n) is 40.7. The van der Waals surface area contributed by atoms with Gasteiger partial charge < -0.3 is 33.8 Å². The number of aliphatic hydroxyl groups is 1. The van der Waals surface area contributed by atoms with Crippen molar-refractivity contribution in [1.29, 1.82) is 0 Å². The first-order valence-corrected chi connectivity index (χ1v) is 43.7. The van der Waals surface area contributed by atoms with Gasteiger partial charge in [0, 0.05) is 25.7 Å². The molecule has 19 heteroatoms. The monoisotopic (exact) mass is 1520 g/mol. The van der Waals surface area contributed by atoms with E-state index in [0.29, 0.717) is 32.1 Å². The Balaban J connectivity index is 5.46. The van der Waals surface area contributed by atoms with Crippen molar-refractivity contribution in [2.45, 2.75) is 329 Å². The summed E-state index contributed by atoms with van der Waals surface area (Å²) in [6, 6.07) is 0. The van der Waals surface area contributed by atoms with E-state index in [2.05, 4.69) is 174 Å². The molecule has 604 valence electrons. The average Bonchev–Trinajstić information content (AvgIpc) is 0.909. The summed E-state index contributed by atoms with van der Waals surface area (Å²) in [5.74, 6) is -2.30. The van der Waals surface area contributed by atoms with Crippen LogP contribution in [0, 0.1) is 0 Å². The van der Waals surface area contributed by atoms with Crippen molar-refractivity contribution in [1.82, 2.24) is 0 Å².